The van der Waals surface area contributed by atoms with Crippen molar-refractivity contribution in [3.63, 3.8) is 0 Å². The van der Waals surface area contributed by atoms with Crippen LogP contribution in [0.3, 0.4) is 0 Å². The monoisotopic (exact) mass is 519 g/mol. The second-order valence-electron chi connectivity index (χ2n) is 11.5. The predicted octanol–water partition coefficient (Wildman–Crippen LogP) is 4.84. The Hall–Kier alpha value is -3.00. The van der Waals surface area contributed by atoms with Gasteiger partial charge in [0.15, 0.2) is 0 Å². The van der Waals surface area contributed by atoms with Gasteiger partial charge in [-0.25, -0.2) is 9.18 Å². The Morgan fingerprint density at radius 2 is 1.58 bits per heavy atom. The molecular weight excluding hydrogens is 481 g/mol. The summed E-state index contributed by atoms with van der Waals surface area (Å²) in [5.41, 5.74) is 3.84. The lowest BCUT2D eigenvalue weighted by molar-refractivity contribution is -0.138. The van der Waals surface area contributed by atoms with Crippen molar-refractivity contribution in [2.24, 2.45) is 5.92 Å². The van der Waals surface area contributed by atoms with Crippen molar-refractivity contribution in [3.8, 4) is 0 Å². The maximum absolute atomic E-state index is 14.2. The molecule has 3 aromatic rings. The number of benzene rings is 1. The van der Waals surface area contributed by atoms with E-state index in [1.807, 2.05) is 27.2 Å². The van der Waals surface area contributed by atoms with Crippen molar-refractivity contribution in [1.29, 1.82) is 0 Å². The third-order valence-electron chi connectivity index (χ3n) is 9.00. The smallest absolute Gasteiger partial charge is 0.329 e. The highest BCUT2D eigenvalue weighted by Gasteiger charge is 2.33. The van der Waals surface area contributed by atoms with Crippen LogP contribution in [0.4, 0.5) is 4.39 Å². The number of imidazole rings is 1. The molecule has 0 atom stereocenters. The molecule has 2 aliphatic heterocycles. The van der Waals surface area contributed by atoms with Gasteiger partial charge in [0.25, 0.3) is 0 Å². The topological polar surface area (TPSA) is 63.4 Å². The van der Waals surface area contributed by atoms with Crippen LogP contribution >= 0.6 is 0 Å². The van der Waals surface area contributed by atoms with Crippen LogP contribution in [0.1, 0.15) is 74.7 Å². The fourth-order valence-corrected chi connectivity index (χ4v) is 6.99. The highest BCUT2D eigenvalue weighted by atomic mass is 19.1. The minimum absolute atomic E-state index is 0.0148. The van der Waals surface area contributed by atoms with Gasteiger partial charge in [0.1, 0.15) is 5.82 Å². The van der Waals surface area contributed by atoms with E-state index in [0.717, 1.165) is 82.2 Å². The molecule has 0 spiro atoms. The lowest BCUT2D eigenvalue weighted by Crippen LogP contribution is -2.46. The number of hydrogen-bond acceptors (Lipinski definition) is 4. The van der Waals surface area contributed by atoms with E-state index in [1.165, 1.54) is 17.7 Å². The van der Waals surface area contributed by atoms with E-state index in [9.17, 15) is 14.0 Å². The molecule has 4 heterocycles. The van der Waals surface area contributed by atoms with Crippen molar-refractivity contribution < 1.29 is 9.18 Å². The maximum atomic E-state index is 14.2. The number of likely N-dealkylation sites (tertiary alicyclic amines) is 2. The number of aromatic nitrogens is 3. The summed E-state index contributed by atoms with van der Waals surface area (Å²) in [7, 11) is 0. The number of hydrogen-bond donors (Lipinski definition) is 0. The van der Waals surface area contributed by atoms with Crippen LogP contribution in [0.15, 0.2) is 41.3 Å². The van der Waals surface area contributed by atoms with Crippen molar-refractivity contribution >= 4 is 16.9 Å². The molecule has 0 bridgehead atoms. The SMILES string of the molecule is Cc1cc(CN2CCC(C(=O)N3CCC(n4c(=O)n(C5CCCC5)c5cc(F)ccc54)CC3)CC2)ccn1. The van der Waals surface area contributed by atoms with Gasteiger partial charge in [0.05, 0.1) is 11.0 Å². The summed E-state index contributed by atoms with van der Waals surface area (Å²) in [6, 6.07) is 9.13. The number of carbonyl (C=O) groups excluding carboxylic acids is 1. The van der Waals surface area contributed by atoms with Gasteiger partial charge in [-0.1, -0.05) is 12.8 Å². The summed E-state index contributed by atoms with van der Waals surface area (Å²) in [6.45, 7) is 6.12. The number of aryl methyl sites for hydroxylation is 1. The molecule has 2 aromatic heterocycles. The average Bonchev–Trinajstić information content (AvgIpc) is 3.54. The zero-order valence-corrected chi connectivity index (χ0v) is 22.3. The summed E-state index contributed by atoms with van der Waals surface area (Å²) in [4.78, 5) is 35.8. The third-order valence-corrected chi connectivity index (χ3v) is 9.00. The van der Waals surface area contributed by atoms with E-state index < -0.39 is 0 Å². The van der Waals surface area contributed by atoms with Gasteiger partial charge in [0, 0.05) is 49.5 Å². The Balaban J connectivity index is 1.09. The molecule has 7 nitrogen and oxygen atoms in total. The first-order chi connectivity index (χ1) is 18.5. The van der Waals surface area contributed by atoms with Gasteiger partial charge >= 0.3 is 5.69 Å². The summed E-state index contributed by atoms with van der Waals surface area (Å²) < 4.78 is 17.9. The second-order valence-corrected chi connectivity index (χ2v) is 11.5. The summed E-state index contributed by atoms with van der Waals surface area (Å²) >= 11 is 0. The van der Waals surface area contributed by atoms with E-state index in [-0.39, 0.29) is 35.4 Å². The minimum atomic E-state index is -0.302. The minimum Gasteiger partial charge on any atom is -0.342 e. The van der Waals surface area contributed by atoms with E-state index in [2.05, 4.69) is 22.0 Å². The summed E-state index contributed by atoms with van der Waals surface area (Å²) in [5.74, 6) is 0.0476. The molecule has 8 heteroatoms. The number of carbonyl (C=O) groups is 1. The summed E-state index contributed by atoms with van der Waals surface area (Å²) in [5, 5.41) is 0. The van der Waals surface area contributed by atoms with Crippen LogP contribution in [0.2, 0.25) is 0 Å². The van der Waals surface area contributed by atoms with E-state index >= 15 is 0 Å². The van der Waals surface area contributed by atoms with Crippen LogP contribution in [0.25, 0.3) is 11.0 Å². The quantitative estimate of drug-likeness (QED) is 0.484. The molecule has 0 radical (unpaired) electrons. The molecule has 1 saturated carbocycles. The Morgan fingerprint density at radius 3 is 2.29 bits per heavy atom. The molecule has 2 saturated heterocycles. The highest BCUT2D eigenvalue weighted by Crippen LogP contribution is 2.34. The first-order valence-corrected chi connectivity index (χ1v) is 14.3. The van der Waals surface area contributed by atoms with Crippen molar-refractivity contribution in [2.45, 2.75) is 76.9 Å². The van der Waals surface area contributed by atoms with Crippen LogP contribution in [-0.2, 0) is 11.3 Å². The molecule has 202 valence electrons. The molecule has 3 fully saturated rings. The van der Waals surface area contributed by atoms with Crippen LogP contribution in [0.5, 0.6) is 0 Å². The number of fused-ring (bicyclic) bond motifs is 1. The first kappa shape index (κ1) is 25.3. The highest BCUT2D eigenvalue weighted by molar-refractivity contribution is 5.79. The molecule has 3 aliphatic rings. The normalized spacial score (nSPS) is 20.5. The Morgan fingerprint density at radius 1 is 0.895 bits per heavy atom. The zero-order chi connectivity index (χ0) is 26.2. The van der Waals surface area contributed by atoms with Crippen LogP contribution in [-0.4, -0.2) is 56.0 Å². The number of amides is 1. The second kappa shape index (κ2) is 10.6. The average molecular weight is 520 g/mol. The predicted molar refractivity (Wildman–Crippen MR) is 145 cm³/mol. The largest absolute Gasteiger partial charge is 0.342 e. The van der Waals surface area contributed by atoms with Gasteiger partial charge in [-0.2, -0.15) is 0 Å². The fourth-order valence-electron chi connectivity index (χ4n) is 6.99. The van der Waals surface area contributed by atoms with Gasteiger partial charge < -0.3 is 4.90 Å². The maximum Gasteiger partial charge on any atom is 0.329 e. The lowest BCUT2D eigenvalue weighted by atomic mass is 9.93. The Bertz CT molecular complexity index is 1360. The van der Waals surface area contributed by atoms with Gasteiger partial charge in [-0.15, -0.1) is 0 Å². The molecule has 6 rings (SSSR count). The van der Waals surface area contributed by atoms with Crippen LogP contribution < -0.4 is 5.69 Å². The van der Waals surface area contributed by atoms with Crippen molar-refractivity contribution in [1.82, 2.24) is 23.9 Å². The van der Waals surface area contributed by atoms with Crippen molar-refractivity contribution in [3.05, 3.63) is 64.1 Å². The van der Waals surface area contributed by atoms with Gasteiger partial charge in [-0.05, 0) is 94.4 Å². The van der Waals surface area contributed by atoms with E-state index in [4.69, 9.17) is 0 Å². The molecule has 1 amide bonds. The van der Waals surface area contributed by atoms with E-state index in [1.54, 1.807) is 6.07 Å². The number of piperidine rings is 2. The number of pyridine rings is 1. The Kier molecular flexibility index (Phi) is 7.08. The van der Waals surface area contributed by atoms with Gasteiger partial charge in [0.2, 0.25) is 5.91 Å². The molecule has 1 aliphatic carbocycles. The van der Waals surface area contributed by atoms with Crippen molar-refractivity contribution in [2.75, 3.05) is 26.2 Å². The first-order valence-electron chi connectivity index (χ1n) is 14.3. The fraction of sp³-hybridized carbons (Fsp3) is 0.567. The zero-order valence-electron chi connectivity index (χ0n) is 22.3. The molecule has 0 unspecified atom stereocenters. The standard InChI is InChI=1S/C30H38FN5O2/c1-21-18-22(8-13-32-21)20-33-14-9-23(10-15-33)29(37)34-16-11-26(12-17-34)35-27-7-6-24(31)19-28(27)36(30(35)38)25-4-2-3-5-25/h6-8,13,18-19,23,25-26H,2-5,9-12,14-17,20H2,1H3. The molecule has 1 aromatic carbocycles. The third kappa shape index (κ3) is 4.91. The number of rotatable bonds is 5. The van der Waals surface area contributed by atoms with E-state index in [0.29, 0.717) is 18.6 Å². The van der Waals surface area contributed by atoms with Gasteiger partial charge in [-0.3, -0.25) is 23.8 Å². The molecular formula is C30H38FN5O2. The lowest BCUT2D eigenvalue weighted by Gasteiger charge is -2.37. The molecule has 38 heavy (non-hydrogen) atoms. The van der Waals surface area contributed by atoms with Crippen LogP contribution in [0, 0.1) is 18.7 Å². The molecule has 0 N–H and O–H groups in total. The Labute approximate surface area is 223 Å². The summed E-state index contributed by atoms with van der Waals surface area (Å²) in [6.07, 6.45) is 9.34. The number of nitrogens with zero attached hydrogens (tertiary/aromatic N) is 5. The number of halogens is 1.